The van der Waals surface area contributed by atoms with E-state index in [4.69, 9.17) is 4.74 Å². The number of amides is 1. The van der Waals surface area contributed by atoms with E-state index in [1.807, 2.05) is 24.4 Å². The second-order valence-corrected chi connectivity index (χ2v) is 6.12. The number of carbonyl (C=O) groups is 2. The number of nitrogens with zero attached hydrogens (tertiary/aromatic N) is 1. The molecule has 8 heteroatoms. The van der Waals surface area contributed by atoms with Gasteiger partial charge in [-0.1, -0.05) is 12.1 Å². The largest absolute Gasteiger partial charge is 0.452 e. The minimum atomic E-state index is -0.781. The Bertz CT molecular complexity index is 758. The number of benzene rings is 1. The summed E-state index contributed by atoms with van der Waals surface area (Å²) in [4.78, 5) is 35.1. The lowest BCUT2D eigenvalue weighted by Gasteiger charge is -2.12. The number of nitro groups is 1. The lowest BCUT2D eigenvalue weighted by molar-refractivity contribution is -0.385. The predicted molar refractivity (Wildman–Crippen MR) is 89.0 cm³/mol. The minimum Gasteiger partial charge on any atom is -0.452 e. The van der Waals surface area contributed by atoms with Crippen LogP contribution in [0.15, 0.2) is 35.7 Å². The van der Waals surface area contributed by atoms with Crippen LogP contribution in [-0.4, -0.2) is 23.4 Å². The lowest BCUT2D eigenvalue weighted by atomic mass is 10.1. The van der Waals surface area contributed by atoms with E-state index in [0.717, 1.165) is 10.9 Å². The van der Waals surface area contributed by atoms with Crippen LogP contribution in [0.1, 0.15) is 33.8 Å². The summed E-state index contributed by atoms with van der Waals surface area (Å²) in [5.41, 5.74) is 0.311. The first kappa shape index (κ1) is 17.6. The van der Waals surface area contributed by atoms with E-state index in [9.17, 15) is 19.7 Å². The molecule has 0 aliphatic rings. The molecule has 7 nitrogen and oxygen atoms in total. The lowest BCUT2D eigenvalue weighted by Crippen LogP contribution is -2.30. The number of hydrogen-bond acceptors (Lipinski definition) is 6. The van der Waals surface area contributed by atoms with Crippen LogP contribution >= 0.6 is 11.3 Å². The van der Waals surface area contributed by atoms with Gasteiger partial charge in [-0.3, -0.25) is 14.9 Å². The highest BCUT2D eigenvalue weighted by Crippen LogP contribution is 2.20. The van der Waals surface area contributed by atoms with Crippen LogP contribution in [-0.2, 0) is 9.53 Å². The van der Waals surface area contributed by atoms with Crippen LogP contribution in [0, 0.1) is 17.0 Å². The van der Waals surface area contributed by atoms with Crippen LogP contribution in [0.4, 0.5) is 5.69 Å². The van der Waals surface area contributed by atoms with Crippen molar-refractivity contribution in [1.29, 1.82) is 0 Å². The van der Waals surface area contributed by atoms with E-state index in [2.05, 4.69) is 5.32 Å². The Labute approximate surface area is 142 Å². The zero-order valence-electron chi connectivity index (χ0n) is 13.1. The van der Waals surface area contributed by atoms with E-state index in [0.29, 0.717) is 5.56 Å². The van der Waals surface area contributed by atoms with Gasteiger partial charge in [-0.2, -0.15) is 0 Å². The summed E-state index contributed by atoms with van der Waals surface area (Å²) in [6.07, 6.45) is 0. The fraction of sp³-hybridized carbons (Fsp3) is 0.250. The summed E-state index contributed by atoms with van der Waals surface area (Å²) in [5, 5.41) is 15.5. The molecule has 0 saturated heterocycles. The first-order chi connectivity index (χ1) is 11.4. The number of ether oxygens (including phenoxy) is 1. The van der Waals surface area contributed by atoms with Gasteiger partial charge < -0.3 is 10.1 Å². The first-order valence-electron chi connectivity index (χ1n) is 7.13. The molecule has 1 aromatic heterocycles. The Kier molecular flexibility index (Phi) is 5.64. The van der Waals surface area contributed by atoms with Crippen molar-refractivity contribution < 1.29 is 19.2 Å². The molecule has 1 heterocycles. The normalized spacial score (nSPS) is 11.6. The Morgan fingerprint density at radius 3 is 2.75 bits per heavy atom. The molecule has 0 spiro atoms. The van der Waals surface area contributed by atoms with Gasteiger partial charge in [0.2, 0.25) is 0 Å². The molecule has 0 aliphatic heterocycles. The van der Waals surface area contributed by atoms with E-state index in [-0.39, 0.29) is 17.3 Å². The molecule has 0 aliphatic carbocycles. The Morgan fingerprint density at radius 1 is 1.38 bits per heavy atom. The smallest absolute Gasteiger partial charge is 0.338 e. The summed E-state index contributed by atoms with van der Waals surface area (Å²) in [5.74, 6) is -1.22. The standard InChI is InChI=1S/C16H16N2O5S/c1-10-5-6-12(8-13(10)18(21)22)16(20)23-9-15(19)17-11(2)14-4-3-7-24-14/h3-8,11H,9H2,1-2H3,(H,17,19)/t11-/m0/s1. The average Bonchev–Trinajstić information content (AvgIpc) is 3.07. The molecule has 1 N–H and O–H groups in total. The van der Waals surface area contributed by atoms with Gasteiger partial charge in [0.25, 0.3) is 11.6 Å². The summed E-state index contributed by atoms with van der Waals surface area (Å²) >= 11 is 1.51. The third-order valence-corrected chi connectivity index (χ3v) is 4.38. The van der Waals surface area contributed by atoms with Gasteiger partial charge in [0, 0.05) is 16.5 Å². The van der Waals surface area contributed by atoms with Gasteiger partial charge >= 0.3 is 5.97 Å². The fourth-order valence-electron chi connectivity index (χ4n) is 2.04. The van der Waals surface area contributed by atoms with E-state index >= 15 is 0 Å². The molecular formula is C16H16N2O5S. The SMILES string of the molecule is Cc1ccc(C(=O)OCC(=O)N[C@@H](C)c2cccs2)cc1[N+](=O)[O-]. The molecule has 24 heavy (non-hydrogen) atoms. The Morgan fingerprint density at radius 2 is 2.12 bits per heavy atom. The summed E-state index contributed by atoms with van der Waals surface area (Å²) in [7, 11) is 0. The number of nitro benzene ring substituents is 1. The number of rotatable bonds is 6. The van der Waals surface area contributed by atoms with Gasteiger partial charge in [-0.25, -0.2) is 4.79 Å². The maximum absolute atomic E-state index is 11.9. The highest BCUT2D eigenvalue weighted by atomic mass is 32.1. The molecule has 2 rings (SSSR count). The zero-order valence-corrected chi connectivity index (χ0v) is 14.0. The van der Waals surface area contributed by atoms with Crippen molar-refractivity contribution in [2.75, 3.05) is 6.61 Å². The molecule has 126 valence electrons. The summed E-state index contributed by atoms with van der Waals surface area (Å²) < 4.78 is 4.91. The maximum atomic E-state index is 11.9. The highest BCUT2D eigenvalue weighted by Gasteiger charge is 2.17. The van der Waals surface area contributed by atoms with Gasteiger partial charge in [0.1, 0.15) is 0 Å². The number of nitrogens with one attached hydrogen (secondary N) is 1. The molecular weight excluding hydrogens is 332 g/mol. The average molecular weight is 348 g/mol. The minimum absolute atomic E-state index is 0.0337. The van der Waals surface area contributed by atoms with Gasteiger partial charge in [0.05, 0.1) is 16.5 Å². The van der Waals surface area contributed by atoms with Crippen molar-refractivity contribution in [1.82, 2.24) is 5.32 Å². The molecule has 0 bridgehead atoms. The topological polar surface area (TPSA) is 98.5 Å². The van der Waals surface area contributed by atoms with Crippen LogP contribution < -0.4 is 5.32 Å². The number of aryl methyl sites for hydroxylation is 1. The van der Waals surface area contributed by atoms with Crippen LogP contribution in [0.2, 0.25) is 0 Å². The van der Waals surface area contributed by atoms with Gasteiger partial charge in [-0.15, -0.1) is 11.3 Å². The van der Waals surface area contributed by atoms with Crippen molar-refractivity contribution >= 4 is 28.9 Å². The zero-order chi connectivity index (χ0) is 17.7. The second kappa shape index (κ2) is 7.69. The molecule has 0 radical (unpaired) electrons. The third kappa shape index (κ3) is 4.39. The number of thiophene rings is 1. The van der Waals surface area contributed by atoms with Crippen molar-refractivity contribution in [3.8, 4) is 0 Å². The second-order valence-electron chi connectivity index (χ2n) is 5.14. The number of esters is 1. The van der Waals surface area contributed by atoms with Crippen LogP contribution in [0.25, 0.3) is 0 Å². The summed E-state index contributed by atoms with van der Waals surface area (Å²) in [6, 6.07) is 7.63. The predicted octanol–water partition coefficient (Wildman–Crippen LogP) is 3.00. The van der Waals surface area contributed by atoms with Crippen LogP contribution in [0.5, 0.6) is 0 Å². The van der Waals surface area contributed by atoms with E-state index in [1.165, 1.54) is 23.5 Å². The third-order valence-electron chi connectivity index (χ3n) is 3.32. The van der Waals surface area contributed by atoms with Gasteiger partial charge in [-0.05, 0) is 31.4 Å². The molecule has 0 saturated carbocycles. The number of hydrogen-bond donors (Lipinski definition) is 1. The van der Waals surface area contributed by atoms with Crippen molar-refractivity contribution in [3.63, 3.8) is 0 Å². The molecule has 0 fully saturated rings. The monoisotopic (exact) mass is 348 g/mol. The van der Waals surface area contributed by atoms with Gasteiger partial charge in [0.15, 0.2) is 6.61 Å². The first-order valence-corrected chi connectivity index (χ1v) is 8.01. The fourth-order valence-corrected chi connectivity index (χ4v) is 2.77. The molecule has 1 atom stereocenters. The van der Waals surface area contributed by atoms with E-state index < -0.39 is 23.4 Å². The Balaban J connectivity index is 1.92. The highest BCUT2D eigenvalue weighted by molar-refractivity contribution is 7.10. The van der Waals surface area contributed by atoms with Crippen molar-refractivity contribution in [2.45, 2.75) is 19.9 Å². The molecule has 1 amide bonds. The summed E-state index contributed by atoms with van der Waals surface area (Å²) in [6.45, 7) is 2.96. The van der Waals surface area contributed by atoms with Crippen molar-refractivity contribution in [3.05, 3.63) is 61.8 Å². The van der Waals surface area contributed by atoms with E-state index in [1.54, 1.807) is 6.92 Å². The molecule has 2 aromatic rings. The quantitative estimate of drug-likeness (QED) is 0.491. The maximum Gasteiger partial charge on any atom is 0.338 e. The number of carbonyl (C=O) groups excluding carboxylic acids is 2. The Hall–Kier alpha value is -2.74. The van der Waals surface area contributed by atoms with Crippen molar-refractivity contribution in [2.24, 2.45) is 0 Å². The van der Waals surface area contributed by atoms with Crippen LogP contribution in [0.3, 0.4) is 0 Å². The molecule has 1 aromatic carbocycles. The molecule has 0 unspecified atom stereocenters.